The van der Waals surface area contributed by atoms with Gasteiger partial charge in [0.2, 0.25) is 11.5 Å². The summed E-state index contributed by atoms with van der Waals surface area (Å²) in [6.45, 7) is -1.75. The van der Waals surface area contributed by atoms with Crippen molar-refractivity contribution < 1.29 is 42.1 Å². The Bertz CT molecular complexity index is 497. The standard InChI is InChI=1S/C11H11F4NO5/c12-9(13)10(4-17)11(14,15)7(20)8(21-10)16-2-1-5(18)3-6(16)19/h1-2,7-9,17,20H,3-4H2/t7-,8+,10-/m0/s1. The van der Waals surface area contributed by atoms with Gasteiger partial charge in [0, 0.05) is 6.20 Å². The van der Waals surface area contributed by atoms with Gasteiger partial charge in [0.15, 0.2) is 18.1 Å². The molecule has 1 saturated heterocycles. The predicted molar refractivity (Wildman–Crippen MR) is 57.3 cm³/mol. The first-order valence-corrected chi connectivity index (χ1v) is 5.82. The molecular formula is C11H11F4NO5. The smallest absolute Gasteiger partial charge is 0.314 e. The fourth-order valence-corrected chi connectivity index (χ4v) is 2.18. The van der Waals surface area contributed by atoms with Crippen molar-refractivity contribution in [2.75, 3.05) is 6.61 Å². The first kappa shape index (κ1) is 15.9. The highest BCUT2D eigenvalue weighted by Crippen LogP contribution is 2.48. The van der Waals surface area contributed by atoms with Crippen LogP contribution in [0.4, 0.5) is 17.6 Å². The van der Waals surface area contributed by atoms with Crippen molar-refractivity contribution in [1.29, 1.82) is 0 Å². The lowest BCUT2D eigenvalue weighted by Gasteiger charge is -2.31. The van der Waals surface area contributed by atoms with Crippen LogP contribution in [-0.2, 0) is 14.3 Å². The number of rotatable bonds is 3. The molecule has 0 aliphatic carbocycles. The average molecular weight is 313 g/mol. The van der Waals surface area contributed by atoms with Crippen molar-refractivity contribution >= 4 is 11.7 Å². The number of amides is 1. The molecule has 0 aromatic carbocycles. The Morgan fingerprint density at radius 2 is 2.05 bits per heavy atom. The number of hydrogen-bond donors (Lipinski definition) is 2. The minimum absolute atomic E-state index is 0.444. The molecular weight excluding hydrogens is 302 g/mol. The zero-order chi connectivity index (χ0) is 16.0. The minimum Gasteiger partial charge on any atom is -0.393 e. The van der Waals surface area contributed by atoms with Gasteiger partial charge in [-0.25, -0.2) is 8.78 Å². The van der Waals surface area contributed by atoms with Crippen LogP contribution in [0.25, 0.3) is 0 Å². The zero-order valence-corrected chi connectivity index (χ0v) is 10.4. The number of carbonyl (C=O) groups excluding carboxylic acids is 2. The highest BCUT2D eigenvalue weighted by atomic mass is 19.3. The van der Waals surface area contributed by atoms with Gasteiger partial charge in [-0.1, -0.05) is 0 Å². The van der Waals surface area contributed by atoms with Gasteiger partial charge < -0.3 is 14.9 Å². The molecule has 1 amide bonds. The monoisotopic (exact) mass is 313 g/mol. The molecule has 2 aliphatic rings. The van der Waals surface area contributed by atoms with Crippen LogP contribution in [-0.4, -0.2) is 63.7 Å². The number of ketones is 1. The van der Waals surface area contributed by atoms with E-state index in [1.807, 2.05) is 0 Å². The first-order valence-electron chi connectivity index (χ1n) is 5.82. The van der Waals surface area contributed by atoms with E-state index in [9.17, 15) is 32.3 Å². The van der Waals surface area contributed by atoms with Gasteiger partial charge >= 0.3 is 5.92 Å². The molecule has 21 heavy (non-hydrogen) atoms. The van der Waals surface area contributed by atoms with Crippen molar-refractivity contribution in [3.05, 3.63) is 12.3 Å². The van der Waals surface area contributed by atoms with Crippen LogP contribution in [0.5, 0.6) is 0 Å². The van der Waals surface area contributed by atoms with Crippen molar-refractivity contribution in [2.45, 2.75) is 36.7 Å². The number of allylic oxidation sites excluding steroid dienone is 1. The second kappa shape index (κ2) is 5.04. The number of ether oxygens (including phenoxy) is 1. The summed E-state index contributed by atoms with van der Waals surface area (Å²) in [7, 11) is 0. The van der Waals surface area contributed by atoms with E-state index in [4.69, 9.17) is 5.11 Å². The third-order valence-electron chi connectivity index (χ3n) is 3.43. The maximum absolute atomic E-state index is 13.9. The number of aliphatic hydroxyl groups excluding tert-OH is 2. The molecule has 6 nitrogen and oxygen atoms in total. The molecule has 0 aromatic heterocycles. The molecule has 2 aliphatic heterocycles. The molecule has 0 radical (unpaired) electrons. The predicted octanol–water partition coefficient (Wildman–Crippen LogP) is -0.350. The summed E-state index contributed by atoms with van der Waals surface area (Å²) in [5.74, 6) is -6.07. The molecule has 3 atom stereocenters. The summed E-state index contributed by atoms with van der Waals surface area (Å²) in [4.78, 5) is 23.0. The number of halogens is 4. The van der Waals surface area contributed by atoms with Crippen LogP contribution in [0, 0.1) is 0 Å². The van der Waals surface area contributed by atoms with Gasteiger partial charge in [0.05, 0.1) is 13.0 Å². The summed E-state index contributed by atoms with van der Waals surface area (Å²) in [5, 5.41) is 18.4. The fraction of sp³-hybridized carbons (Fsp3) is 0.636. The Hall–Kier alpha value is -1.52. The fourth-order valence-electron chi connectivity index (χ4n) is 2.18. The minimum atomic E-state index is -4.49. The number of nitrogens with zero attached hydrogens (tertiary/aromatic N) is 1. The molecule has 2 N–H and O–H groups in total. The van der Waals surface area contributed by atoms with Gasteiger partial charge in [0.1, 0.15) is 0 Å². The molecule has 0 bridgehead atoms. The van der Waals surface area contributed by atoms with E-state index in [0.29, 0.717) is 4.90 Å². The molecule has 0 spiro atoms. The molecule has 0 aromatic rings. The largest absolute Gasteiger partial charge is 0.393 e. The van der Waals surface area contributed by atoms with Crippen molar-refractivity contribution in [3.63, 3.8) is 0 Å². The van der Waals surface area contributed by atoms with E-state index in [0.717, 1.165) is 12.3 Å². The number of carbonyl (C=O) groups is 2. The summed E-state index contributed by atoms with van der Waals surface area (Å²) in [5.41, 5.74) is -3.62. The lowest BCUT2D eigenvalue weighted by molar-refractivity contribution is -0.245. The Kier molecular flexibility index (Phi) is 3.80. The molecule has 10 heteroatoms. The third-order valence-corrected chi connectivity index (χ3v) is 3.43. The van der Waals surface area contributed by atoms with Crippen LogP contribution >= 0.6 is 0 Å². The van der Waals surface area contributed by atoms with Gasteiger partial charge in [-0.15, -0.1) is 0 Å². The summed E-state index contributed by atoms with van der Waals surface area (Å²) in [6.07, 6.45) is -7.72. The van der Waals surface area contributed by atoms with E-state index >= 15 is 0 Å². The first-order chi connectivity index (χ1) is 9.67. The maximum atomic E-state index is 13.9. The number of aliphatic hydroxyl groups is 2. The van der Waals surface area contributed by atoms with E-state index in [2.05, 4.69) is 4.74 Å². The SMILES string of the molecule is O=C1C=CN([C@@H]2O[C@@](CO)(C(F)F)C(F)(F)[C@H]2O)C(=O)C1. The lowest BCUT2D eigenvalue weighted by atomic mass is 9.95. The third kappa shape index (κ3) is 2.14. The average Bonchev–Trinajstić information content (AvgIpc) is 2.59. The summed E-state index contributed by atoms with van der Waals surface area (Å²) < 4.78 is 58.0. The zero-order valence-electron chi connectivity index (χ0n) is 10.4. The van der Waals surface area contributed by atoms with Crippen LogP contribution in [0.1, 0.15) is 6.42 Å². The topological polar surface area (TPSA) is 87.1 Å². The second-order valence-electron chi connectivity index (χ2n) is 4.68. The highest BCUT2D eigenvalue weighted by molar-refractivity contribution is 6.06. The second-order valence-corrected chi connectivity index (χ2v) is 4.68. The molecule has 2 heterocycles. The van der Waals surface area contributed by atoms with E-state index in [-0.39, 0.29) is 0 Å². The maximum Gasteiger partial charge on any atom is 0.314 e. The molecule has 1 fully saturated rings. The van der Waals surface area contributed by atoms with Crippen LogP contribution in [0.15, 0.2) is 12.3 Å². The summed E-state index contributed by atoms with van der Waals surface area (Å²) in [6, 6.07) is 0. The quantitative estimate of drug-likeness (QED) is 0.549. The van der Waals surface area contributed by atoms with Crippen molar-refractivity contribution in [3.8, 4) is 0 Å². The highest BCUT2D eigenvalue weighted by Gasteiger charge is 2.73. The molecule has 2 rings (SSSR count). The molecule has 0 unspecified atom stereocenters. The van der Waals surface area contributed by atoms with Gasteiger partial charge in [0.25, 0.3) is 6.43 Å². The summed E-state index contributed by atoms with van der Waals surface area (Å²) >= 11 is 0. The number of alkyl halides is 4. The molecule has 118 valence electrons. The van der Waals surface area contributed by atoms with Gasteiger partial charge in [-0.05, 0) is 6.08 Å². The lowest BCUT2D eigenvalue weighted by Crippen LogP contribution is -2.57. The van der Waals surface area contributed by atoms with Crippen LogP contribution in [0.2, 0.25) is 0 Å². The van der Waals surface area contributed by atoms with Gasteiger partial charge in [-0.2, -0.15) is 8.78 Å². The Morgan fingerprint density at radius 1 is 1.43 bits per heavy atom. The Morgan fingerprint density at radius 3 is 2.48 bits per heavy atom. The van der Waals surface area contributed by atoms with Gasteiger partial charge in [-0.3, -0.25) is 14.5 Å². The van der Waals surface area contributed by atoms with Crippen LogP contribution < -0.4 is 0 Å². The van der Waals surface area contributed by atoms with E-state index in [1.54, 1.807) is 0 Å². The molecule has 0 saturated carbocycles. The van der Waals surface area contributed by atoms with Crippen molar-refractivity contribution in [1.82, 2.24) is 4.90 Å². The van der Waals surface area contributed by atoms with Crippen LogP contribution in [0.3, 0.4) is 0 Å². The normalized spacial score (nSPS) is 35.9. The Labute approximate surface area is 115 Å². The van der Waals surface area contributed by atoms with E-state index < -0.39 is 55.0 Å². The number of hydrogen-bond acceptors (Lipinski definition) is 5. The van der Waals surface area contributed by atoms with Crippen molar-refractivity contribution in [2.24, 2.45) is 0 Å². The van der Waals surface area contributed by atoms with E-state index in [1.165, 1.54) is 0 Å². The Balaban J connectivity index is 2.38.